The molecule has 100 valence electrons. The van der Waals surface area contributed by atoms with Crippen LogP contribution >= 0.6 is 0 Å². The van der Waals surface area contributed by atoms with Crippen LogP contribution in [0.15, 0.2) is 24.3 Å². The summed E-state index contributed by atoms with van der Waals surface area (Å²) >= 11 is -1.84. The zero-order valence-electron chi connectivity index (χ0n) is 12.1. The number of nitrogens with one attached hydrogen (secondary N) is 1. The summed E-state index contributed by atoms with van der Waals surface area (Å²) in [6.07, 6.45) is 1.34. The molecule has 0 aliphatic carbocycles. The van der Waals surface area contributed by atoms with Crippen molar-refractivity contribution in [2.45, 2.75) is 49.5 Å². The van der Waals surface area contributed by atoms with Gasteiger partial charge in [0, 0.05) is 0 Å². The van der Waals surface area contributed by atoms with Crippen LogP contribution in [0.2, 0.25) is 15.8 Å². The van der Waals surface area contributed by atoms with Gasteiger partial charge < -0.3 is 0 Å². The summed E-state index contributed by atoms with van der Waals surface area (Å²) < 4.78 is 1.79. The zero-order valence-corrected chi connectivity index (χ0v) is 14.2. The van der Waals surface area contributed by atoms with Gasteiger partial charge in [0.15, 0.2) is 0 Å². The molecule has 1 aromatic carbocycles. The molecule has 0 bridgehead atoms. The van der Waals surface area contributed by atoms with Gasteiger partial charge in [0.05, 0.1) is 0 Å². The fraction of sp³-hybridized carbons (Fsp3) is 0.625. The summed E-state index contributed by atoms with van der Waals surface area (Å²) in [6, 6.07) is 9.26. The molecule has 18 heavy (non-hydrogen) atoms. The van der Waals surface area contributed by atoms with Gasteiger partial charge in [-0.25, -0.2) is 0 Å². The molecule has 1 nitrogen and oxygen atoms in total. The Hall–Kier alpha value is -0.277. The third kappa shape index (κ3) is 2.67. The Bertz CT molecular complexity index is 384. The van der Waals surface area contributed by atoms with E-state index in [4.69, 9.17) is 0 Å². The second-order valence-electron chi connectivity index (χ2n) is 5.75. The summed E-state index contributed by atoms with van der Waals surface area (Å²) in [6.45, 7) is 9.56. The molecular formula is C16H27GeN. The molecule has 0 saturated heterocycles. The van der Waals surface area contributed by atoms with Crippen molar-refractivity contribution in [2.24, 2.45) is 5.92 Å². The number of hydrogen-bond donors (Lipinski definition) is 1. The third-order valence-electron chi connectivity index (χ3n) is 4.95. The van der Waals surface area contributed by atoms with Gasteiger partial charge in [-0.15, -0.1) is 0 Å². The summed E-state index contributed by atoms with van der Waals surface area (Å²) in [5.74, 6) is 0.901. The first-order chi connectivity index (χ1) is 8.75. The maximum absolute atomic E-state index is 3.66. The molecule has 0 saturated carbocycles. The first kappa shape index (κ1) is 14.1. The average molecular weight is 306 g/mol. The Morgan fingerprint density at radius 2 is 1.89 bits per heavy atom. The molecule has 1 atom stereocenters. The van der Waals surface area contributed by atoms with E-state index in [1.807, 2.05) is 0 Å². The van der Waals surface area contributed by atoms with E-state index < -0.39 is 13.3 Å². The van der Waals surface area contributed by atoms with E-state index >= 15 is 0 Å². The SMILES string of the molecule is CCC1CNCc2cccc[c]2[Ge]([CH2]C)([CH2]C)[CH2]1. The standard InChI is InChI=1S/C16H27GeN/c1-4-14-11-17(5-2,6-3)16-10-8-7-9-15(16)13-18-12-14/h7-10,14,18H,4-6,11-13H2,1-3H3. The van der Waals surface area contributed by atoms with Gasteiger partial charge in [-0.1, -0.05) is 0 Å². The van der Waals surface area contributed by atoms with E-state index in [0.717, 1.165) is 12.5 Å². The molecule has 2 heteroatoms. The Kier molecular flexibility index (Phi) is 4.91. The van der Waals surface area contributed by atoms with Gasteiger partial charge >= 0.3 is 115 Å². The van der Waals surface area contributed by atoms with Crippen molar-refractivity contribution in [3.8, 4) is 0 Å². The molecule has 0 fully saturated rings. The summed E-state index contributed by atoms with van der Waals surface area (Å²) in [5, 5.41) is 8.08. The van der Waals surface area contributed by atoms with E-state index in [1.165, 1.54) is 28.7 Å². The van der Waals surface area contributed by atoms with Crippen LogP contribution in [0.25, 0.3) is 0 Å². The van der Waals surface area contributed by atoms with Gasteiger partial charge in [-0.05, 0) is 0 Å². The third-order valence-corrected chi connectivity index (χ3v) is 16.9. The molecule has 0 radical (unpaired) electrons. The summed E-state index contributed by atoms with van der Waals surface area (Å²) in [7, 11) is 0. The number of hydrogen-bond acceptors (Lipinski definition) is 1. The van der Waals surface area contributed by atoms with Crippen molar-refractivity contribution in [3.63, 3.8) is 0 Å². The molecule has 1 N–H and O–H groups in total. The molecule has 1 unspecified atom stereocenters. The molecule has 2 rings (SSSR count). The Labute approximate surface area is 115 Å². The molecule has 0 aromatic heterocycles. The van der Waals surface area contributed by atoms with Crippen molar-refractivity contribution in [2.75, 3.05) is 6.54 Å². The average Bonchev–Trinajstić information content (AvgIpc) is 2.41. The number of rotatable bonds is 3. The number of benzene rings is 1. The maximum atomic E-state index is 3.66. The Morgan fingerprint density at radius 1 is 1.17 bits per heavy atom. The van der Waals surface area contributed by atoms with Crippen molar-refractivity contribution >= 4 is 17.7 Å². The molecule has 0 spiro atoms. The van der Waals surface area contributed by atoms with Gasteiger partial charge in [0.2, 0.25) is 0 Å². The van der Waals surface area contributed by atoms with Crippen molar-refractivity contribution in [1.82, 2.24) is 5.32 Å². The van der Waals surface area contributed by atoms with Gasteiger partial charge in [0.1, 0.15) is 0 Å². The monoisotopic (exact) mass is 307 g/mol. The first-order valence-electron chi connectivity index (χ1n) is 7.54. The normalized spacial score (nSPS) is 22.9. The fourth-order valence-corrected chi connectivity index (χ4v) is 13.8. The van der Waals surface area contributed by atoms with Crippen molar-refractivity contribution in [3.05, 3.63) is 29.8 Å². The van der Waals surface area contributed by atoms with Gasteiger partial charge in [-0.3, -0.25) is 0 Å². The topological polar surface area (TPSA) is 12.0 Å². The van der Waals surface area contributed by atoms with Crippen LogP contribution in [0.3, 0.4) is 0 Å². The quantitative estimate of drug-likeness (QED) is 0.843. The van der Waals surface area contributed by atoms with Crippen LogP contribution in [0.1, 0.15) is 32.8 Å². The van der Waals surface area contributed by atoms with Gasteiger partial charge in [-0.2, -0.15) is 0 Å². The summed E-state index contributed by atoms with van der Waals surface area (Å²) in [5.41, 5.74) is 1.59. The van der Waals surface area contributed by atoms with Crippen molar-refractivity contribution in [1.29, 1.82) is 0 Å². The van der Waals surface area contributed by atoms with Gasteiger partial charge in [0.25, 0.3) is 0 Å². The van der Waals surface area contributed by atoms with Crippen LogP contribution in [-0.2, 0) is 6.54 Å². The molecule has 0 amide bonds. The van der Waals surface area contributed by atoms with Crippen LogP contribution < -0.4 is 9.71 Å². The predicted octanol–water partition coefficient (Wildman–Crippen LogP) is 3.51. The Balaban J connectivity index is 2.44. The summed E-state index contributed by atoms with van der Waals surface area (Å²) in [4.78, 5) is 0. The molecule has 1 heterocycles. The van der Waals surface area contributed by atoms with E-state index in [-0.39, 0.29) is 0 Å². The minimum absolute atomic E-state index is 0.901. The molecule has 1 aromatic rings. The molecule has 1 aliphatic heterocycles. The zero-order chi connectivity index (χ0) is 13.0. The van der Waals surface area contributed by atoms with E-state index in [1.54, 1.807) is 9.96 Å². The van der Waals surface area contributed by atoms with E-state index in [9.17, 15) is 0 Å². The predicted molar refractivity (Wildman–Crippen MR) is 83.1 cm³/mol. The van der Waals surface area contributed by atoms with E-state index in [2.05, 4.69) is 50.4 Å². The Morgan fingerprint density at radius 3 is 2.56 bits per heavy atom. The van der Waals surface area contributed by atoms with Crippen LogP contribution in [0.5, 0.6) is 0 Å². The van der Waals surface area contributed by atoms with E-state index in [0.29, 0.717) is 0 Å². The molecule has 1 aliphatic rings. The fourth-order valence-electron chi connectivity index (χ4n) is 3.55. The second kappa shape index (κ2) is 6.25. The van der Waals surface area contributed by atoms with Crippen LogP contribution in [-0.4, -0.2) is 19.8 Å². The number of fused-ring (bicyclic) bond motifs is 1. The first-order valence-corrected chi connectivity index (χ1v) is 13.0. The van der Waals surface area contributed by atoms with Crippen LogP contribution in [0, 0.1) is 5.92 Å². The minimum atomic E-state index is -1.84. The van der Waals surface area contributed by atoms with Crippen molar-refractivity contribution < 1.29 is 0 Å². The van der Waals surface area contributed by atoms with Crippen LogP contribution in [0.4, 0.5) is 0 Å². The molecular weight excluding hydrogens is 279 g/mol. The second-order valence-corrected chi connectivity index (χ2v) is 16.1.